The number of anilines is 1. The Morgan fingerprint density at radius 1 is 1.33 bits per heavy atom. The molecule has 1 aliphatic heterocycles. The molecule has 8 heteroatoms. The van der Waals surface area contributed by atoms with Crippen LogP contribution in [0.4, 0.5) is 5.69 Å². The van der Waals surface area contributed by atoms with Crippen molar-refractivity contribution in [2.45, 2.75) is 32.7 Å². The van der Waals surface area contributed by atoms with Crippen LogP contribution in [0.2, 0.25) is 0 Å². The highest BCUT2D eigenvalue weighted by Gasteiger charge is 2.33. The minimum atomic E-state index is -0.496. The second kappa shape index (κ2) is 6.71. The molecule has 1 unspecified atom stereocenters. The lowest BCUT2D eigenvalue weighted by Crippen LogP contribution is -2.27. The first-order chi connectivity index (χ1) is 13.0. The van der Waals surface area contributed by atoms with Gasteiger partial charge in [0.2, 0.25) is 11.8 Å². The lowest BCUT2D eigenvalue weighted by Gasteiger charge is -2.11. The van der Waals surface area contributed by atoms with Gasteiger partial charge in [-0.15, -0.1) is 0 Å². The number of nitrogens with zero attached hydrogens (tertiary/aromatic N) is 2. The summed E-state index contributed by atoms with van der Waals surface area (Å²) < 4.78 is 10.3. The number of carbonyl (C=O) groups excluding carboxylic acids is 2. The summed E-state index contributed by atoms with van der Waals surface area (Å²) in [5.41, 5.74) is 3.75. The fraction of sp³-hybridized carbons (Fsp3) is 0.263. The molecule has 0 bridgehead atoms. The van der Waals surface area contributed by atoms with Gasteiger partial charge in [0, 0.05) is 12.1 Å². The van der Waals surface area contributed by atoms with Crippen LogP contribution in [0.15, 0.2) is 39.5 Å². The van der Waals surface area contributed by atoms with Crippen LogP contribution in [-0.4, -0.2) is 22.0 Å². The average molecular weight is 366 g/mol. The first-order valence-corrected chi connectivity index (χ1v) is 8.56. The van der Waals surface area contributed by atoms with Crippen LogP contribution in [0.3, 0.4) is 0 Å². The second-order valence-corrected chi connectivity index (χ2v) is 6.56. The molecule has 0 saturated carbocycles. The molecule has 0 aliphatic carbocycles. The van der Waals surface area contributed by atoms with Crippen molar-refractivity contribution in [1.82, 2.24) is 15.5 Å². The van der Waals surface area contributed by atoms with Gasteiger partial charge in [-0.25, -0.2) is 0 Å². The maximum absolute atomic E-state index is 12.3. The molecule has 8 nitrogen and oxygen atoms in total. The normalized spacial score (nSPS) is 15.5. The predicted molar refractivity (Wildman–Crippen MR) is 95.8 cm³/mol. The third-order valence-electron chi connectivity index (χ3n) is 4.49. The third kappa shape index (κ3) is 3.33. The van der Waals surface area contributed by atoms with E-state index in [0.29, 0.717) is 11.6 Å². The number of carbonyl (C=O) groups is 2. The standard InChI is InChI=1S/C19H18N4O4/c1-10-6-11(2)17-12(18(25)21-13(17)7-10)8-16(24)20-9-15-22-19(27-23-15)14-4-3-5-26-14/h3-7,12H,8-9H2,1-2H3,(H,20,24)(H,21,25). The van der Waals surface area contributed by atoms with Gasteiger partial charge < -0.3 is 19.6 Å². The number of amides is 2. The molecule has 1 aromatic carbocycles. The number of hydrogen-bond donors (Lipinski definition) is 2. The van der Waals surface area contributed by atoms with Crippen molar-refractivity contribution in [1.29, 1.82) is 0 Å². The summed E-state index contributed by atoms with van der Waals surface area (Å²) in [6.07, 6.45) is 1.57. The zero-order valence-corrected chi connectivity index (χ0v) is 14.9. The molecule has 0 radical (unpaired) electrons. The Hall–Kier alpha value is -3.42. The van der Waals surface area contributed by atoms with Gasteiger partial charge in [-0.05, 0) is 48.7 Å². The second-order valence-electron chi connectivity index (χ2n) is 6.56. The summed E-state index contributed by atoms with van der Waals surface area (Å²) in [6, 6.07) is 7.36. The number of aryl methyl sites for hydroxylation is 2. The number of furan rings is 1. The summed E-state index contributed by atoms with van der Waals surface area (Å²) in [6.45, 7) is 4.03. The van der Waals surface area contributed by atoms with Crippen molar-refractivity contribution in [2.24, 2.45) is 0 Å². The smallest absolute Gasteiger partial charge is 0.293 e. The van der Waals surface area contributed by atoms with Crippen molar-refractivity contribution >= 4 is 17.5 Å². The van der Waals surface area contributed by atoms with Crippen LogP contribution in [-0.2, 0) is 16.1 Å². The Balaban J connectivity index is 1.40. The van der Waals surface area contributed by atoms with Gasteiger partial charge in [-0.1, -0.05) is 11.2 Å². The highest BCUT2D eigenvalue weighted by atomic mass is 16.5. The molecule has 4 rings (SSSR count). The first kappa shape index (κ1) is 17.0. The van der Waals surface area contributed by atoms with Crippen LogP contribution >= 0.6 is 0 Å². The maximum atomic E-state index is 12.3. The monoisotopic (exact) mass is 366 g/mol. The Bertz CT molecular complexity index is 1010. The summed E-state index contributed by atoms with van der Waals surface area (Å²) >= 11 is 0. The SMILES string of the molecule is Cc1cc(C)c2c(c1)NC(=O)C2CC(=O)NCc1noc(-c2ccco2)n1. The van der Waals surface area contributed by atoms with Crippen molar-refractivity contribution in [3.05, 3.63) is 53.0 Å². The molecule has 0 saturated heterocycles. The van der Waals surface area contributed by atoms with Crippen molar-refractivity contribution in [3.63, 3.8) is 0 Å². The molecule has 2 N–H and O–H groups in total. The fourth-order valence-electron chi connectivity index (χ4n) is 3.35. The van der Waals surface area contributed by atoms with E-state index >= 15 is 0 Å². The molecule has 27 heavy (non-hydrogen) atoms. The summed E-state index contributed by atoms with van der Waals surface area (Å²) in [5.74, 6) is 0.132. The summed E-state index contributed by atoms with van der Waals surface area (Å²) in [4.78, 5) is 28.8. The van der Waals surface area contributed by atoms with Crippen molar-refractivity contribution < 1.29 is 18.5 Å². The van der Waals surface area contributed by atoms with Crippen LogP contribution in [0, 0.1) is 13.8 Å². The minimum absolute atomic E-state index is 0.0611. The van der Waals surface area contributed by atoms with E-state index < -0.39 is 5.92 Å². The number of aromatic nitrogens is 2. The Kier molecular flexibility index (Phi) is 4.23. The molecule has 1 atom stereocenters. The quantitative estimate of drug-likeness (QED) is 0.718. The number of benzene rings is 1. The van der Waals surface area contributed by atoms with Crippen molar-refractivity contribution in [3.8, 4) is 11.7 Å². The lowest BCUT2D eigenvalue weighted by atomic mass is 9.92. The molecular formula is C19H18N4O4. The van der Waals surface area contributed by atoms with Gasteiger partial charge in [0.1, 0.15) is 0 Å². The van der Waals surface area contributed by atoms with E-state index in [1.807, 2.05) is 26.0 Å². The molecule has 0 spiro atoms. The van der Waals surface area contributed by atoms with E-state index in [0.717, 1.165) is 22.4 Å². The van der Waals surface area contributed by atoms with Crippen LogP contribution in [0.25, 0.3) is 11.7 Å². The minimum Gasteiger partial charge on any atom is -0.459 e. The highest BCUT2D eigenvalue weighted by Crippen LogP contribution is 2.37. The van der Waals surface area contributed by atoms with Gasteiger partial charge in [-0.3, -0.25) is 9.59 Å². The zero-order valence-electron chi connectivity index (χ0n) is 14.9. The van der Waals surface area contributed by atoms with E-state index in [1.165, 1.54) is 6.26 Å². The first-order valence-electron chi connectivity index (χ1n) is 8.56. The number of nitrogens with one attached hydrogen (secondary N) is 2. The fourth-order valence-corrected chi connectivity index (χ4v) is 3.35. The predicted octanol–water partition coefficient (Wildman–Crippen LogP) is 2.69. The molecule has 3 heterocycles. The maximum Gasteiger partial charge on any atom is 0.293 e. The number of rotatable bonds is 5. The molecule has 0 fully saturated rings. The van der Waals surface area contributed by atoms with Crippen molar-refractivity contribution in [2.75, 3.05) is 5.32 Å². The van der Waals surface area contributed by atoms with E-state index in [4.69, 9.17) is 8.94 Å². The molecular weight excluding hydrogens is 348 g/mol. The largest absolute Gasteiger partial charge is 0.459 e. The van der Waals surface area contributed by atoms with Gasteiger partial charge in [0.05, 0.1) is 18.7 Å². The zero-order chi connectivity index (χ0) is 19.0. The van der Waals surface area contributed by atoms with E-state index in [1.54, 1.807) is 12.1 Å². The van der Waals surface area contributed by atoms with Gasteiger partial charge in [-0.2, -0.15) is 4.98 Å². The Morgan fingerprint density at radius 2 is 2.19 bits per heavy atom. The van der Waals surface area contributed by atoms with Gasteiger partial charge in [0.25, 0.3) is 5.89 Å². The lowest BCUT2D eigenvalue weighted by molar-refractivity contribution is -0.125. The molecule has 3 aromatic rings. The summed E-state index contributed by atoms with van der Waals surface area (Å²) in [5, 5.41) is 9.40. The van der Waals surface area contributed by atoms with Crippen LogP contribution < -0.4 is 10.6 Å². The van der Waals surface area contributed by atoms with Gasteiger partial charge >= 0.3 is 0 Å². The van der Waals surface area contributed by atoms with Crippen LogP contribution in [0.5, 0.6) is 0 Å². The summed E-state index contributed by atoms with van der Waals surface area (Å²) in [7, 11) is 0. The topological polar surface area (TPSA) is 110 Å². The Morgan fingerprint density at radius 3 is 2.96 bits per heavy atom. The van der Waals surface area contributed by atoms with E-state index in [-0.39, 0.29) is 30.7 Å². The average Bonchev–Trinajstić information content (AvgIpc) is 3.33. The number of hydrogen-bond acceptors (Lipinski definition) is 6. The van der Waals surface area contributed by atoms with E-state index in [9.17, 15) is 9.59 Å². The third-order valence-corrected chi connectivity index (χ3v) is 4.49. The molecule has 1 aliphatic rings. The van der Waals surface area contributed by atoms with Gasteiger partial charge in [0.15, 0.2) is 11.6 Å². The highest BCUT2D eigenvalue weighted by molar-refractivity contribution is 6.05. The number of fused-ring (bicyclic) bond motifs is 1. The van der Waals surface area contributed by atoms with E-state index in [2.05, 4.69) is 20.8 Å². The molecule has 2 amide bonds. The van der Waals surface area contributed by atoms with Crippen LogP contribution in [0.1, 0.15) is 34.9 Å². The Labute approximate surface area is 154 Å². The molecule has 138 valence electrons. The molecule has 2 aromatic heterocycles.